The molecule has 3 nitrogen and oxygen atoms in total. The lowest BCUT2D eigenvalue weighted by atomic mass is 10.0. The minimum atomic E-state index is -1.06. The minimum Gasteiger partial charge on any atom is -0.387 e. The Balaban J connectivity index is 3.48. The zero-order chi connectivity index (χ0) is 12.6. The molecule has 0 aromatic rings. The van der Waals surface area contributed by atoms with E-state index in [0.717, 1.165) is 25.9 Å². The Labute approximate surface area is 99.1 Å². The summed E-state index contributed by atoms with van der Waals surface area (Å²) in [5.74, 6) is 0. The molecule has 0 aliphatic rings. The first-order valence-corrected chi connectivity index (χ1v) is 6.02. The summed E-state index contributed by atoms with van der Waals surface area (Å²) in [6.45, 7) is 8.04. The van der Waals surface area contributed by atoms with E-state index in [0.29, 0.717) is 6.10 Å². The van der Waals surface area contributed by atoms with Gasteiger partial charge in [-0.15, -0.1) is 0 Å². The van der Waals surface area contributed by atoms with Crippen molar-refractivity contribution in [3.63, 3.8) is 0 Å². The molecule has 96 valence electrons. The van der Waals surface area contributed by atoms with Gasteiger partial charge in [0.1, 0.15) is 6.10 Å². The number of allylic oxidation sites excluding steroid dienone is 1. The zero-order valence-corrected chi connectivity index (χ0v) is 10.9. The van der Waals surface area contributed by atoms with Crippen LogP contribution in [-0.4, -0.2) is 34.6 Å². The highest BCUT2D eigenvalue weighted by Crippen LogP contribution is 2.10. The van der Waals surface area contributed by atoms with E-state index in [9.17, 15) is 10.2 Å². The Morgan fingerprint density at radius 3 is 2.38 bits per heavy atom. The summed E-state index contributed by atoms with van der Waals surface area (Å²) in [7, 11) is 0. The molecule has 0 saturated heterocycles. The first kappa shape index (κ1) is 15.6. The molecule has 0 aliphatic carbocycles. The van der Waals surface area contributed by atoms with E-state index in [1.54, 1.807) is 19.9 Å². The van der Waals surface area contributed by atoms with Crippen molar-refractivity contribution in [2.45, 2.75) is 64.8 Å². The second-order valence-corrected chi connectivity index (χ2v) is 4.94. The minimum absolute atomic E-state index is 0.299. The molecule has 16 heavy (non-hydrogen) atoms. The SMILES string of the molecule is CC(C)OCCCCC=CC(O)C(C)(C)O. The van der Waals surface area contributed by atoms with Crippen LogP contribution in [0.1, 0.15) is 47.0 Å². The van der Waals surface area contributed by atoms with Gasteiger partial charge in [0.2, 0.25) is 0 Å². The predicted octanol–water partition coefficient (Wildman–Crippen LogP) is 2.27. The van der Waals surface area contributed by atoms with Gasteiger partial charge in [-0.2, -0.15) is 0 Å². The molecular formula is C13H26O3. The highest BCUT2D eigenvalue weighted by Gasteiger charge is 2.21. The molecule has 0 aliphatic heterocycles. The first-order chi connectivity index (χ1) is 7.34. The maximum absolute atomic E-state index is 9.50. The lowest BCUT2D eigenvalue weighted by molar-refractivity contribution is -0.0227. The normalized spacial score (nSPS) is 14.9. The fourth-order valence-corrected chi connectivity index (χ4v) is 1.14. The molecule has 1 atom stereocenters. The van der Waals surface area contributed by atoms with E-state index >= 15 is 0 Å². The van der Waals surface area contributed by atoms with Crippen molar-refractivity contribution in [2.24, 2.45) is 0 Å². The molecule has 0 amide bonds. The van der Waals surface area contributed by atoms with Crippen LogP contribution in [0.2, 0.25) is 0 Å². The van der Waals surface area contributed by atoms with E-state index in [4.69, 9.17) is 4.74 Å². The molecule has 0 radical (unpaired) electrons. The molecule has 0 fully saturated rings. The van der Waals surface area contributed by atoms with Crippen molar-refractivity contribution in [3.8, 4) is 0 Å². The molecule has 0 saturated carbocycles. The Hall–Kier alpha value is -0.380. The van der Waals surface area contributed by atoms with Gasteiger partial charge in [0.25, 0.3) is 0 Å². The standard InChI is InChI=1S/C13H26O3/c1-11(2)16-10-8-6-5-7-9-12(14)13(3,4)15/h7,9,11-12,14-15H,5-6,8,10H2,1-4H3. The Bertz CT molecular complexity index is 192. The van der Waals surface area contributed by atoms with Crippen molar-refractivity contribution >= 4 is 0 Å². The predicted molar refractivity (Wildman–Crippen MR) is 66.4 cm³/mol. The number of aliphatic hydroxyl groups is 2. The van der Waals surface area contributed by atoms with Crippen LogP contribution in [0.15, 0.2) is 12.2 Å². The fourth-order valence-electron chi connectivity index (χ4n) is 1.14. The third-order valence-electron chi connectivity index (χ3n) is 2.26. The second-order valence-electron chi connectivity index (χ2n) is 4.94. The van der Waals surface area contributed by atoms with E-state index in [1.807, 2.05) is 19.9 Å². The van der Waals surface area contributed by atoms with E-state index < -0.39 is 11.7 Å². The zero-order valence-electron chi connectivity index (χ0n) is 10.9. The molecule has 3 heteroatoms. The van der Waals surface area contributed by atoms with Gasteiger partial charge in [-0.1, -0.05) is 12.2 Å². The van der Waals surface area contributed by atoms with Crippen LogP contribution < -0.4 is 0 Å². The van der Waals surface area contributed by atoms with Crippen molar-refractivity contribution in [1.29, 1.82) is 0 Å². The summed E-state index contributed by atoms with van der Waals surface area (Å²) in [6.07, 6.45) is 6.06. The third kappa shape index (κ3) is 8.89. The Kier molecular flexibility index (Phi) is 7.64. The van der Waals surface area contributed by atoms with Crippen molar-refractivity contribution in [3.05, 3.63) is 12.2 Å². The smallest absolute Gasteiger partial charge is 0.100 e. The third-order valence-corrected chi connectivity index (χ3v) is 2.26. The van der Waals surface area contributed by atoms with Gasteiger partial charge in [-0.3, -0.25) is 0 Å². The van der Waals surface area contributed by atoms with E-state index in [2.05, 4.69) is 0 Å². The van der Waals surface area contributed by atoms with Gasteiger partial charge in [0.15, 0.2) is 0 Å². The van der Waals surface area contributed by atoms with Gasteiger partial charge in [-0.25, -0.2) is 0 Å². The number of aliphatic hydroxyl groups excluding tert-OH is 1. The Morgan fingerprint density at radius 1 is 1.25 bits per heavy atom. The highest BCUT2D eigenvalue weighted by molar-refractivity contribution is 4.96. The highest BCUT2D eigenvalue weighted by atomic mass is 16.5. The summed E-state index contributed by atoms with van der Waals surface area (Å²) in [4.78, 5) is 0. The molecule has 2 N–H and O–H groups in total. The first-order valence-electron chi connectivity index (χ1n) is 6.02. The van der Waals surface area contributed by atoms with Gasteiger partial charge >= 0.3 is 0 Å². The van der Waals surface area contributed by atoms with Gasteiger partial charge in [0, 0.05) is 6.61 Å². The van der Waals surface area contributed by atoms with Crippen molar-refractivity contribution < 1.29 is 14.9 Å². The topological polar surface area (TPSA) is 49.7 Å². The molecular weight excluding hydrogens is 204 g/mol. The monoisotopic (exact) mass is 230 g/mol. The molecule has 0 bridgehead atoms. The molecule has 1 unspecified atom stereocenters. The fraction of sp³-hybridized carbons (Fsp3) is 0.846. The molecule has 0 spiro atoms. The van der Waals surface area contributed by atoms with Crippen LogP contribution >= 0.6 is 0 Å². The van der Waals surface area contributed by atoms with Crippen LogP contribution in [0.5, 0.6) is 0 Å². The van der Waals surface area contributed by atoms with Crippen LogP contribution in [-0.2, 0) is 4.74 Å². The van der Waals surface area contributed by atoms with Gasteiger partial charge in [-0.05, 0) is 47.0 Å². The number of unbranched alkanes of at least 4 members (excludes halogenated alkanes) is 2. The largest absolute Gasteiger partial charge is 0.387 e. The van der Waals surface area contributed by atoms with Crippen LogP contribution in [0.3, 0.4) is 0 Å². The number of hydrogen-bond donors (Lipinski definition) is 2. The summed E-state index contributed by atoms with van der Waals surface area (Å²) < 4.78 is 5.41. The van der Waals surface area contributed by atoms with E-state index in [1.165, 1.54) is 0 Å². The summed E-state index contributed by atoms with van der Waals surface area (Å²) in [5.41, 5.74) is -1.06. The lowest BCUT2D eigenvalue weighted by Gasteiger charge is -2.21. The second kappa shape index (κ2) is 7.82. The Morgan fingerprint density at radius 2 is 1.88 bits per heavy atom. The number of rotatable bonds is 8. The number of hydrogen-bond acceptors (Lipinski definition) is 3. The molecule has 0 aromatic carbocycles. The van der Waals surface area contributed by atoms with E-state index in [-0.39, 0.29) is 0 Å². The van der Waals surface area contributed by atoms with Crippen LogP contribution in [0.4, 0.5) is 0 Å². The van der Waals surface area contributed by atoms with Crippen molar-refractivity contribution in [2.75, 3.05) is 6.61 Å². The van der Waals surface area contributed by atoms with Gasteiger partial charge in [0.05, 0.1) is 11.7 Å². The average molecular weight is 230 g/mol. The molecule has 0 heterocycles. The quantitative estimate of drug-likeness (QED) is 0.497. The lowest BCUT2D eigenvalue weighted by Crippen LogP contribution is -2.33. The maximum atomic E-state index is 9.50. The maximum Gasteiger partial charge on any atom is 0.100 e. The van der Waals surface area contributed by atoms with Crippen LogP contribution in [0, 0.1) is 0 Å². The van der Waals surface area contributed by atoms with Crippen molar-refractivity contribution in [1.82, 2.24) is 0 Å². The number of ether oxygens (including phenoxy) is 1. The summed E-state index contributed by atoms with van der Waals surface area (Å²) in [5, 5.41) is 19.0. The summed E-state index contributed by atoms with van der Waals surface area (Å²) >= 11 is 0. The van der Waals surface area contributed by atoms with Gasteiger partial charge < -0.3 is 14.9 Å². The average Bonchev–Trinajstić information content (AvgIpc) is 2.14. The molecule has 0 rings (SSSR count). The van der Waals surface area contributed by atoms with Crippen LogP contribution in [0.25, 0.3) is 0 Å². The molecule has 0 aromatic heterocycles. The summed E-state index contributed by atoms with van der Waals surface area (Å²) in [6, 6.07) is 0.